The molecule has 2 unspecified atom stereocenters. The van der Waals surface area contributed by atoms with E-state index in [4.69, 9.17) is 16.3 Å². The number of aldehydes is 1. The number of hydrogen-bond donors (Lipinski definition) is 2. The van der Waals surface area contributed by atoms with Crippen LogP contribution in [-0.2, 0) is 25.5 Å². The third-order valence-electron chi connectivity index (χ3n) is 5.07. The van der Waals surface area contributed by atoms with Crippen LogP contribution in [0.2, 0.25) is 0 Å². The number of allylic oxidation sites excluding steroid dienone is 4. The zero-order valence-electron chi connectivity index (χ0n) is 24.1. The summed E-state index contributed by atoms with van der Waals surface area (Å²) in [6.45, 7) is 10.9. The van der Waals surface area contributed by atoms with E-state index < -0.39 is 6.04 Å². The molecule has 7 nitrogen and oxygen atoms in total. The lowest BCUT2D eigenvalue weighted by Gasteiger charge is -2.21. The van der Waals surface area contributed by atoms with Crippen LogP contribution in [0, 0.1) is 12.3 Å². The molecule has 1 saturated heterocycles. The smallest absolute Gasteiger partial charge is 0.237 e. The van der Waals surface area contributed by atoms with Gasteiger partial charge in [-0.3, -0.25) is 9.69 Å². The number of likely N-dealkylation sites (tertiary alicyclic amines) is 1. The predicted molar refractivity (Wildman–Crippen MR) is 158 cm³/mol. The highest BCUT2D eigenvalue weighted by molar-refractivity contribution is 5.84. The van der Waals surface area contributed by atoms with Gasteiger partial charge < -0.3 is 24.7 Å². The maximum Gasteiger partial charge on any atom is 0.237 e. The van der Waals surface area contributed by atoms with Crippen LogP contribution in [-0.4, -0.2) is 76.0 Å². The van der Waals surface area contributed by atoms with Crippen molar-refractivity contribution in [3.05, 3.63) is 71.8 Å². The van der Waals surface area contributed by atoms with Gasteiger partial charge in [0.15, 0.2) is 0 Å². The Bertz CT molecular complexity index is 844. The number of nitrogens with one attached hydrogen (secondary N) is 1. The van der Waals surface area contributed by atoms with Crippen LogP contribution in [0.5, 0.6) is 0 Å². The molecule has 0 aliphatic carbocycles. The van der Waals surface area contributed by atoms with Gasteiger partial charge in [0.05, 0.1) is 12.1 Å². The van der Waals surface area contributed by atoms with Crippen LogP contribution >= 0.6 is 0 Å². The lowest BCUT2D eigenvalue weighted by atomic mass is 10.1. The predicted octanol–water partition coefficient (Wildman–Crippen LogP) is 4.17. The number of carbonyl (C=O) groups excluding carboxylic acids is 3. The summed E-state index contributed by atoms with van der Waals surface area (Å²) in [5.41, 5.74) is 3.14. The highest BCUT2D eigenvalue weighted by Crippen LogP contribution is 2.15. The first-order chi connectivity index (χ1) is 18.3. The molecule has 0 aromatic heterocycles. The van der Waals surface area contributed by atoms with Crippen molar-refractivity contribution < 1.29 is 24.2 Å². The first-order valence-electron chi connectivity index (χ1n) is 12.4. The molecule has 1 fully saturated rings. The molecule has 1 heterocycles. The molecular formula is C31H48N2O5. The second-order valence-electron chi connectivity index (χ2n) is 8.28. The Balaban J connectivity index is -0.000000629. The fourth-order valence-corrected chi connectivity index (χ4v) is 3.37. The molecule has 212 valence electrons. The van der Waals surface area contributed by atoms with Crippen LogP contribution in [0.4, 0.5) is 0 Å². The molecule has 0 saturated carbocycles. The maximum atomic E-state index is 12.2. The van der Waals surface area contributed by atoms with E-state index in [-0.39, 0.29) is 11.9 Å². The van der Waals surface area contributed by atoms with Gasteiger partial charge in [0.1, 0.15) is 13.1 Å². The summed E-state index contributed by atoms with van der Waals surface area (Å²) >= 11 is 0. The number of benzene rings is 1. The molecule has 1 aromatic rings. The Kier molecular flexibility index (Phi) is 29.2. The highest BCUT2D eigenvalue weighted by Gasteiger charge is 2.28. The lowest BCUT2D eigenvalue weighted by Crippen LogP contribution is -2.46. The fourth-order valence-electron chi connectivity index (χ4n) is 3.37. The van der Waals surface area contributed by atoms with Gasteiger partial charge >= 0.3 is 0 Å². The quantitative estimate of drug-likeness (QED) is 0.284. The molecule has 2 N–H and O–H groups in total. The number of terminal acetylenes is 1. The minimum Gasteiger partial charge on any atom is -0.400 e. The topological polar surface area (TPSA) is 95.9 Å². The number of carbonyl (C=O) groups is 3. The summed E-state index contributed by atoms with van der Waals surface area (Å²) in [6, 6.07) is 9.89. The standard InChI is InChI=1S/C18H24N2O2.C9H12.C2H6O.CH4O.CH2O/c1-5-7-14(2)9-10-15(3)12-16(13-21)19-18(22)17-8-6-11-20(17)4;1-2-6-9-7-4-3-5-8-9;1-3-2;2*1-2/h1,7,9-10,13,16-17H,3,6,8,11-12H2,2,4H3,(H,19,22);3-5,7-8H,2,6H2,1H3;1-2H3;2H,1H3;1H2/b10-9-,14-7-;;;;. The molecule has 0 bridgehead atoms. The number of ether oxygens (including phenoxy) is 1. The Labute approximate surface area is 230 Å². The van der Waals surface area contributed by atoms with Crippen molar-refractivity contribution in [2.24, 2.45) is 0 Å². The molecule has 1 aliphatic heterocycles. The number of rotatable bonds is 9. The second-order valence-corrected chi connectivity index (χ2v) is 8.28. The van der Waals surface area contributed by atoms with Crippen molar-refractivity contribution in [1.29, 1.82) is 0 Å². The number of amides is 1. The Morgan fingerprint density at radius 1 is 1.26 bits per heavy atom. The molecule has 2 rings (SSSR count). The minimum atomic E-state index is -0.546. The van der Waals surface area contributed by atoms with Gasteiger partial charge in [-0.25, -0.2) is 0 Å². The summed E-state index contributed by atoms with van der Waals surface area (Å²) in [5.74, 6) is 2.36. The van der Waals surface area contributed by atoms with Crippen molar-refractivity contribution in [1.82, 2.24) is 10.2 Å². The summed E-state index contributed by atoms with van der Waals surface area (Å²) in [5, 5.41) is 9.79. The number of hydrogen-bond acceptors (Lipinski definition) is 6. The van der Waals surface area contributed by atoms with E-state index in [9.17, 15) is 9.59 Å². The number of likely N-dealkylation sites (N-methyl/N-ethyl adjacent to an activating group) is 1. The molecular weight excluding hydrogens is 480 g/mol. The summed E-state index contributed by atoms with van der Waals surface area (Å²) in [6.07, 6.45) is 15.9. The molecule has 1 aromatic carbocycles. The first kappa shape index (κ1) is 39.2. The van der Waals surface area contributed by atoms with Crippen molar-refractivity contribution in [2.45, 2.75) is 58.0 Å². The van der Waals surface area contributed by atoms with E-state index >= 15 is 0 Å². The number of nitrogens with zero attached hydrogens (tertiary/aromatic N) is 1. The number of aliphatic hydroxyl groups is 1. The lowest BCUT2D eigenvalue weighted by molar-refractivity contribution is -0.127. The second kappa shape index (κ2) is 28.3. The normalized spacial score (nSPS) is 14.9. The fraction of sp³-hybridized carbons (Fsp3) is 0.452. The van der Waals surface area contributed by atoms with Gasteiger partial charge in [0.2, 0.25) is 5.91 Å². The summed E-state index contributed by atoms with van der Waals surface area (Å²) in [4.78, 5) is 33.4. The van der Waals surface area contributed by atoms with E-state index in [1.807, 2.05) is 37.8 Å². The molecule has 38 heavy (non-hydrogen) atoms. The SMILES string of the molecule is C#C/C=C(C)\C=C/C(=C)CC(C=O)NC(=O)C1CCCN1C.C=O.CCCc1ccccc1.CO.COC. The number of methoxy groups -OCH3 is 1. The average molecular weight is 529 g/mol. The minimum absolute atomic E-state index is 0.0858. The molecule has 1 amide bonds. The van der Waals surface area contributed by atoms with Crippen LogP contribution in [0.3, 0.4) is 0 Å². The monoisotopic (exact) mass is 528 g/mol. The third kappa shape index (κ3) is 20.8. The van der Waals surface area contributed by atoms with Crippen molar-refractivity contribution in [3.8, 4) is 12.3 Å². The van der Waals surface area contributed by atoms with Crippen molar-refractivity contribution >= 4 is 19.0 Å². The van der Waals surface area contributed by atoms with Crippen LogP contribution in [0.25, 0.3) is 0 Å². The van der Waals surface area contributed by atoms with E-state index in [2.05, 4.69) is 59.8 Å². The van der Waals surface area contributed by atoms with Crippen LogP contribution < -0.4 is 5.32 Å². The Morgan fingerprint density at radius 3 is 2.29 bits per heavy atom. The maximum absolute atomic E-state index is 12.2. The highest BCUT2D eigenvalue weighted by atomic mass is 16.4. The molecule has 1 aliphatic rings. The van der Waals surface area contributed by atoms with E-state index in [1.54, 1.807) is 20.3 Å². The van der Waals surface area contributed by atoms with Gasteiger partial charge in [-0.2, -0.15) is 0 Å². The Hall–Kier alpha value is -3.31. The largest absolute Gasteiger partial charge is 0.400 e. The van der Waals surface area contributed by atoms with Gasteiger partial charge in [-0.15, -0.1) is 6.42 Å². The number of aliphatic hydroxyl groups excluding tert-OH is 1. The van der Waals surface area contributed by atoms with E-state index in [0.29, 0.717) is 6.42 Å². The van der Waals surface area contributed by atoms with Crippen molar-refractivity contribution in [2.75, 3.05) is 34.9 Å². The molecule has 7 heteroatoms. The molecule has 0 spiro atoms. The molecule has 0 radical (unpaired) electrons. The van der Waals surface area contributed by atoms with E-state index in [1.165, 1.54) is 18.4 Å². The van der Waals surface area contributed by atoms with Gasteiger partial charge in [0.25, 0.3) is 0 Å². The summed E-state index contributed by atoms with van der Waals surface area (Å²) < 4.78 is 4.25. The average Bonchev–Trinajstić information content (AvgIpc) is 3.37. The molecule has 2 atom stereocenters. The Morgan fingerprint density at radius 2 is 1.84 bits per heavy atom. The van der Waals surface area contributed by atoms with E-state index in [0.717, 1.165) is 43.9 Å². The van der Waals surface area contributed by atoms with Crippen LogP contribution in [0.15, 0.2) is 66.3 Å². The first-order valence-corrected chi connectivity index (χ1v) is 12.4. The third-order valence-corrected chi connectivity index (χ3v) is 5.07. The zero-order valence-corrected chi connectivity index (χ0v) is 24.1. The van der Waals surface area contributed by atoms with Gasteiger partial charge in [-0.1, -0.05) is 73.9 Å². The number of aryl methyl sites for hydroxylation is 1. The van der Waals surface area contributed by atoms with Crippen LogP contribution in [0.1, 0.15) is 45.1 Å². The van der Waals surface area contributed by atoms with Gasteiger partial charge in [-0.05, 0) is 63.4 Å². The summed E-state index contributed by atoms with van der Waals surface area (Å²) in [7, 11) is 6.18. The van der Waals surface area contributed by atoms with Gasteiger partial charge in [0, 0.05) is 21.3 Å². The zero-order chi connectivity index (χ0) is 29.8. The van der Waals surface area contributed by atoms with Crippen molar-refractivity contribution in [3.63, 3.8) is 0 Å².